The molecule has 0 bridgehead atoms. The molecule has 5 heteroatoms. The average molecular weight is 291 g/mol. The number of benzene rings is 1. The Labute approximate surface area is 125 Å². The predicted molar refractivity (Wildman–Crippen MR) is 80.7 cm³/mol. The second-order valence-corrected chi connectivity index (χ2v) is 5.97. The fourth-order valence-corrected chi connectivity index (χ4v) is 3.24. The molecule has 0 amide bonds. The second-order valence-electron chi connectivity index (χ2n) is 5.97. The fourth-order valence-electron chi connectivity index (χ4n) is 3.24. The molecule has 114 valence electrons. The smallest absolute Gasteiger partial charge is 0.193 e. The van der Waals surface area contributed by atoms with Crippen molar-refractivity contribution in [2.45, 2.75) is 19.4 Å². The topological polar surface area (TPSA) is 36.9 Å². The van der Waals surface area contributed by atoms with Gasteiger partial charge in [0.15, 0.2) is 5.96 Å². The quantitative estimate of drug-likeness (QED) is 0.669. The van der Waals surface area contributed by atoms with E-state index < -0.39 is 0 Å². The van der Waals surface area contributed by atoms with Crippen LogP contribution in [0.15, 0.2) is 29.3 Å². The highest BCUT2D eigenvalue weighted by molar-refractivity contribution is 5.80. The van der Waals surface area contributed by atoms with Gasteiger partial charge in [0.05, 0.1) is 6.61 Å². The number of ether oxygens (including phenoxy) is 1. The largest absolute Gasteiger partial charge is 0.381 e. The fraction of sp³-hybridized carbons (Fsp3) is 0.562. The van der Waals surface area contributed by atoms with Gasteiger partial charge < -0.3 is 15.0 Å². The Balaban J connectivity index is 1.60. The first-order chi connectivity index (χ1) is 10.2. The van der Waals surface area contributed by atoms with E-state index in [2.05, 4.69) is 15.2 Å². The van der Waals surface area contributed by atoms with Crippen molar-refractivity contribution in [3.8, 4) is 0 Å². The first-order valence-corrected chi connectivity index (χ1v) is 7.49. The molecule has 4 nitrogen and oxygen atoms in total. The summed E-state index contributed by atoms with van der Waals surface area (Å²) in [4.78, 5) is 6.60. The summed E-state index contributed by atoms with van der Waals surface area (Å²) < 4.78 is 19.2. The van der Waals surface area contributed by atoms with Crippen LogP contribution in [0, 0.1) is 11.2 Å². The molecule has 2 aliphatic rings. The predicted octanol–water partition coefficient (Wildman–Crippen LogP) is 2.01. The lowest BCUT2D eigenvalue weighted by Gasteiger charge is -2.25. The molecular formula is C16H22FN3O. The zero-order valence-corrected chi connectivity index (χ0v) is 12.4. The van der Waals surface area contributed by atoms with Gasteiger partial charge in [0.1, 0.15) is 5.82 Å². The number of guanidine groups is 1. The van der Waals surface area contributed by atoms with Gasteiger partial charge in [-0.1, -0.05) is 18.2 Å². The number of aliphatic imine (C=N–C) groups is 1. The number of nitrogens with one attached hydrogen (secondary N) is 1. The highest BCUT2D eigenvalue weighted by Gasteiger charge is 2.42. The molecule has 2 heterocycles. The molecule has 0 radical (unpaired) electrons. The summed E-state index contributed by atoms with van der Waals surface area (Å²) in [5, 5.41) is 3.27. The van der Waals surface area contributed by atoms with Crippen molar-refractivity contribution in [3.63, 3.8) is 0 Å². The SMILES string of the molecule is CN=C(NCc1ccccc1F)N1CCC2(CCOC2)C1. The van der Waals surface area contributed by atoms with E-state index in [0.29, 0.717) is 17.5 Å². The number of hydrogen-bond acceptors (Lipinski definition) is 2. The summed E-state index contributed by atoms with van der Waals surface area (Å²) in [6, 6.07) is 6.84. The zero-order chi connectivity index (χ0) is 14.7. The van der Waals surface area contributed by atoms with E-state index >= 15 is 0 Å². The summed E-state index contributed by atoms with van der Waals surface area (Å²) >= 11 is 0. The van der Waals surface area contributed by atoms with Crippen molar-refractivity contribution in [1.29, 1.82) is 0 Å². The Kier molecular flexibility index (Phi) is 4.10. The van der Waals surface area contributed by atoms with Gasteiger partial charge in [-0.05, 0) is 18.9 Å². The third kappa shape index (κ3) is 3.02. The van der Waals surface area contributed by atoms with Crippen molar-refractivity contribution in [1.82, 2.24) is 10.2 Å². The zero-order valence-electron chi connectivity index (χ0n) is 12.4. The molecule has 0 saturated carbocycles. The maximum Gasteiger partial charge on any atom is 0.193 e. The monoisotopic (exact) mass is 291 g/mol. The van der Waals surface area contributed by atoms with Crippen molar-refractivity contribution >= 4 is 5.96 Å². The lowest BCUT2D eigenvalue weighted by molar-refractivity contribution is 0.156. The first-order valence-electron chi connectivity index (χ1n) is 7.49. The Morgan fingerprint density at radius 1 is 1.43 bits per heavy atom. The Hall–Kier alpha value is -1.62. The Morgan fingerprint density at radius 2 is 2.29 bits per heavy atom. The number of likely N-dealkylation sites (tertiary alicyclic amines) is 1. The van der Waals surface area contributed by atoms with Crippen LogP contribution < -0.4 is 5.32 Å². The summed E-state index contributed by atoms with van der Waals surface area (Å²) in [7, 11) is 1.78. The molecule has 0 aromatic heterocycles. The van der Waals surface area contributed by atoms with Gasteiger partial charge in [-0.15, -0.1) is 0 Å². The molecule has 3 rings (SSSR count). The highest BCUT2D eigenvalue weighted by Crippen LogP contribution is 2.38. The van der Waals surface area contributed by atoms with Crippen LogP contribution >= 0.6 is 0 Å². The normalized spacial score (nSPS) is 25.8. The maximum atomic E-state index is 13.7. The summed E-state index contributed by atoms with van der Waals surface area (Å²) in [5.74, 6) is 0.671. The molecule has 2 fully saturated rings. The van der Waals surface area contributed by atoms with Crippen LogP contribution in [0.3, 0.4) is 0 Å². The first kappa shape index (κ1) is 14.3. The van der Waals surface area contributed by atoms with E-state index in [9.17, 15) is 4.39 Å². The van der Waals surface area contributed by atoms with Crippen molar-refractivity contribution in [2.24, 2.45) is 10.4 Å². The van der Waals surface area contributed by atoms with Crippen molar-refractivity contribution in [2.75, 3.05) is 33.4 Å². The van der Waals surface area contributed by atoms with E-state index in [0.717, 1.165) is 45.1 Å². The Bertz CT molecular complexity index is 526. The van der Waals surface area contributed by atoms with Crippen LogP contribution in [0.4, 0.5) is 4.39 Å². The standard InChI is InChI=1S/C16H22FN3O/c1-18-15(19-10-13-4-2-3-5-14(13)17)20-8-6-16(11-20)7-9-21-12-16/h2-5H,6-12H2,1H3,(H,18,19). The number of rotatable bonds is 2. The molecule has 2 saturated heterocycles. The van der Waals surface area contributed by atoms with E-state index in [1.807, 2.05) is 6.07 Å². The van der Waals surface area contributed by atoms with Gasteiger partial charge in [-0.2, -0.15) is 0 Å². The molecule has 0 aliphatic carbocycles. The van der Waals surface area contributed by atoms with E-state index in [-0.39, 0.29) is 5.82 Å². The molecule has 2 aliphatic heterocycles. The molecule has 1 atom stereocenters. The molecule has 1 aromatic carbocycles. The lowest BCUT2D eigenvalue weighted by atomic mass is 9.87. The van der Waals surface area contributed by atoms with Gasteiger partial charge in [-0.3, -0.25) is 4.99 Å². The van der Waals surface area contributed by atoms with Crippen LogP contribution in [-0.2, 0) is 11.3 Å². The summed E-state index contributed by atoms with van der Waals surface area (Å²) in [6.07, 6.45) is 2.28. The third-order valence-corrected chi connectivity index (χ3v) is 4.53. The lowest BCUT2D eigenvalue weighted by Crippen LogP contribution is -2.41. The van der Waals surface area contributed by atoms with Gasteiger partial charge in [0, 0.05) is 44.3 Å². The van der Waals surface area contributed by atoms with E-state index in [1.54, 1.807) is 19.2 Å². The minimum atomic E-state index is -0.178. The van der Waals surface area contributed by atoms with Crippen molar-refractivity contribution < 1.29 is 9.13 Å². The molecule has 1 N–H and O–H groups in total. The summed E-state index contributed by atoms with van der Waals surface area (Å²) in [6.45, 7) is 4.15. The van der Waals surface area contributed by atoms with Gasteiger partial charge in [-0.25, -0.2) is 4.39 Å². The van der Waals surface area contributed by atoms with Crippen LogP contribution in [0.2, 0.25) is 0 Å². The third-order valence-electron chi connectivity index (χ3n) is 4.53. The van der Waals surface area contributed by atoms with Crippen LogP contribution in [0.25, 0.3) is 0 Å². The van der Waals surface area contributed by atoms with Crippen LogP contribution in [0.1, 0.15) is 18.4 Å². The average Bonchev–Trinajstić information content (AvgIpc) is 3.12. The molecular weight excluding hydrogens is 269 g/mol. The van der Waals surface area contributed by atoms with Crippen molar-refractivity contribution in [3.05, 3.63) is 35.6 Å². The van der Waals surface area contributed by atoms with Gasteiger partial charge >= 0.3 is 0 Å². The Morgan fingerprint density at radius 3 is 3.00 bits per heavy atom. The number of hydrogen-bond donors (Lipinski definition) is 1. The highest BCUT2D eigenvalue weighted by atomic mass is 19.1. The maximum absolute atomic E-state index is 13.7. The number of halogens is 1. The summed E-state index contributed by atoms with van der Waals surface area (Å²) in [5.41, 5.74) is 0.965. The minimum Gasteiger partial charge on any atom is -0.381 e. The minimum absolute atomic E-state index is 0.178. The van der Waals surface area contributed by atoms with Crippen LogP contribution in [0.5, 0.6) is 0 Å². The molecule has 1 spiro atoms. The van der Waals surface area contributed by atoms with Gasteiger partial charge in [0.2, 0.25) is 0 Å². The van der Waals surface area contributed by atoms with Gasteiger partial charge in [0.25, 0.3) is 0 Å². The van der Waals surface area contributed by atoms with Crippen LogP contribution in [-0.4, -0.2) is 44.2 Å². The molecule has 1 unspecified atom stereocenters. The van der Waals surface area contributed by atoms with E-state index in [4.69, 9.17) is 4.74 Å². The molecule has 21 heavy (non-hydrogen) atoms. The molecule has 1 aromatic rings. The second kappa shape index (κ2) is 6.02. The van der Waals surface area contributed by atoms with E-state index in [1.165, 1.54) is 6.07 Å². The number of nitrogens with zero attached hydrogens (tertiary/aromatic N) is 2.